The molecule has 0 bridgehead atoms. The zero-order valence-corrected chi connectivity index (χ0v) is 18.8. The molecule has 8 nitrogen and oxygen atoms in total. The summed E-state index contributed by atoms with van der Waals surface area (Å²) >= 11 is 0. The molecule has 2 rings (SSSR count). The molecule has 29 heavy (non-hydrogen) atoms. The van der Waals surface area contributed by atoms with E-state index in [-0.39, 0.29) is 42.8 Å². The first kappa shape index (κ1) is 24.6. The van der Waals surface area contributed by atoms with Crippen molar-refractivity contribution >= 4 is 35.6 Å². The molecule has 1 atom stereocenters. The molecule has 0 aromatic heterocycles. The van der Waals surface area contributed by atoms with Crippen LogP contribution in [-0.4, -0.2) is 41.8 Å². The highest BCUT2D eigenvalue weighted by atomic mass is 127. The van der Waals surface area contributed by atoms with Crippen LogP contribution >= 0.6 is 24.0 Å². The molecular formula is C20H27IN4O4. The zero-order chi connectivity index (χ0) is 20.4. The van der Waals surface area contributed by atoms with E-state index in [2.05, 4.69) is 15.6 Å². The Morgan fingerprint density at radius 1 is 1.21 bits per heavy atom. The van der Waals surface area contributed by atoms with Crippen LogP contribution in [0.25, 0.3) is 0 Å². The van der Waals surface area contributed by atoms with Crippen LogP contribution in [0.3, 0.4) is 0 Å². The molecule has 0 saturated heterocycles. The van der Waals surface area contributed by atoms with Gasteiger partial charge in [0.1, 0.15) is 18.5 Å². The smallest absolute Gasteiger partial charge is 0.269 e. The second-order valence-corrected chi connectivity index (χ2v) is 6.22. The number of aliphatic hydroxyl groups excluding tert-OH is 1. The number of nitro groups is 1. The number of aliphatic hydroxyl groups is 1. The molecule has 0 heterocycles. The molecule has 0 aliphatic heterocycles. The molecule has 0 aliphatic carbocycles. The van der Waals surface area contributed by atoms with Crippen molar-refractivity contribution in [2.24, 2.45) is 4.99 Å². The third-order valence-electron chi connectivity index (χ3n) is 4.01. The number of rotatable bonds is 9. The predicted molar refractivity (Wildman–Crippen MR) is 124 cm³/mol. The van der Waals surface area contributed by atoms with Crippen molar-refractivity contribution in [1.29, 1.82) is 0 Å². The summed E-state index contributed by atoms with van der Waals surface area (Å²) in [5, 5.41) is 27.0. The second kappa shape index (κ2) is 12.9. The van der Waals surface area contributed by atoms with Gasteiger partial charge in [-0.25, -0.2) is 4.99 Å². The lowest BCUT2D eigenvalue weighted by atomic mass is 10.1. The summed E-state index contributed by atoms with van der Waals surface area (Å²) in [5.74, 6) is 1.07. The Bertz CT molecular complexity index is 799. The average molecular weight is 514 g/mol. The molecule has 0 radical (unpaired) electrons. The maximum absolute atomic E-state index is 10.6. The van der Waals surface area contributed by atoms with Crippen LogP contribution in [0, 0.1) is 17.0 Å². The van der Waals surface area contributed by atoms with Gasteiger partial charge in [0, 0.05) is 25.2 Å². The molecular weight excluding hydrogens is 487 g/mol. The molecule has 2 aromatic carbocycles. The van der Waals surface area contributed by atoms with Crippen molar-refractivity contribution in [1.82, 2.24) is 10.6 Å². The molecule has 9 heteroatoms. The Balaban J connectivity index is 0.00000420. The third-order valence-corrected chi connectivity index (χ3v) is 4.01. The molecule has 0 amide bonds. The van der Waals surface area contributed by atoms with Gasteiger partial charge in [-0.3, -0.25) is 10.1 Å². The van der Waals surface area contributed by atoms with Crippen LogP contribution < -0.4 is 15.4 Å². The lowest BCUT2D eigenvalue weighted by Gasteiger charge is -2.16. The molecule has 0 aliphatic rings. The number of nitro benzene ring substituents is 1. The Kier molecular flexibility index (Phi) is 11.0. The SMILES string of the molecule is CCNC(=NCc1ccccc1C)NCC(O)COc1ccc([N+](=O)[O-])cc1.I. The summed E-state index contributed by atoms with van der Waals surface area (Å²) in [5.41, 5.74) is 2.31. The topological polar surface area (TPSA) is 109 Å². The number of hydrogen-bond donors (Lipinski definition) is 3. The number of nitrogens with zero attached hydrogens (tertiary/aromatic N) is 2. The van der Waals surface area contributed by atoms with Gasteiger partial charge in [-0.1, -0.05) is 24.3 Å². The quantitative estimate of drug-likeness (QED) is 0.156. The van der Waals surface area contributed by atoms with E-state index in [1.165, 1.54) is 29.8 Å². The first-order valence-corrected chi connectivity index (χ1v) is 9.11. The zero-order valence-electron chi connectivity index (χ0n) is 16.5. The normalized spacial score (nSPS) is 11.9. The number of non-ortho nitro benzene ring substituents is 1. The standard InChI is InChI=1S/C20H26N4O4.HI/c1-3-21-20(22-12-16-7-5-4-6-15(16)2)23-13-18(25)14-28-19-10-8-17(9-11-19)24(26)27;/h4-11,18,25H,3,12-14H2,1-2H3,(H2,21,22,23);1H. The van der Waals surface area contributed by atoms with Crippen molar-refractivity contribution in [2.75, 3.05) is 19.7 Å². The summed E-state index contributed by atoms with van der Waals surface area (Å²) < 4.78 is 5.47. The van der Waals surface area contributed by atoms with Gasteiger partial charge in [0.25, 0.3) is 5.69 Å². The highest BCUT2D eigenvalue weighted by molar-refractivity contribution is 14.0. The van der Waals surface area contributed by atoms with E-state index in [1.54, 1.807) is 0 Å². The number of halogens is 1. The Labute approximate surface area is 187 Å². The summed E-state index contributed by atoms with van der Waals surface area (Å²) in [6.07, 6.45) is -0.766. The molecule has 2 aromatic rings. The van der Waals surface area contributed by atoms with Crippen LogP contribution in [0.5, 0.6) is 5.75 Å². The van der Waals surface area contributed by atoms with Gasteiger partial charge in [-0.2, -0.15) is 0 Å². The number of aliphatic imine (C=N–C) groups is 1. The van der Waals surface area contributed by atoms with Gasteiger partial charge in [-0.05, 0) is 37.1 Å². The minimum atomic E-state index is -0.766. The van der Waals surface area contributed by atoms with Crippen molar-refractivity contribution in [2.45, 2.75) is 26.5 Å². The lowest BCUT2D eigenvalue weighted by molar-refractivity contribution is -0.384. The Morgan fingerprint density at radius 2 is 1.90 bits per heavy atom. The largest absolute Gasteiger partial charge is 0.491 e. The molecule has 158 valence electrons. The fourth-order valence-electron chi connectivity index (χ4n) is 2.42. The van der Waals surface area contributed by atoms with Crippen molar-refractivity contribution in [3.8, 4) is 5.75 Å². The van der Waals surface area contributed by atoms with Crippen molar-refractivity contribution < 1.29 is 14.8 Å². The minimum Gasteiger partial charge on any atom is -0.491 e. The van der Waals surface area contributed by atoms with Gasteiger partial charge in [0.2, 0.25) is 0 Å². The number of benzene rings is 2. The molecule has 0 fully saturated rings. The number of aryl methyl sites for hydroxylation is 1. The Morgan fingerprint density at radius 3 is 2.52 bits per heavy atom. The van der Waals surface area contributed by atoms with E-state index in [0.717, 1.165) is 5.56 Å². The first-order chi connectivity index (χ1) is 13.5. The maximum atomic E-state index is 10.6. The van der Waals surface area contributed by atoms with Gasteiger partial charge >= 0.3 is 0 Å². The van der Waals surface area contributed by atoms with Crippen LogP contribution in [0.1, 0.15) is 18.1 Å². The highest BCUT2D eigenvalue weighted by Gasteiger charge is 2.09. The first-order valence-electron chi connectivity index (χ1n) is 9.11. The van der Waals surface area contributed by atoms with Crippen LogP contribution in [0.2, 0.25) is 0 Å². The van der Waals surface area contributed by atoms with Crippen LogP contribution in [0.4, 0.5) is 5.69 Å². The third kappa shape index (κ3) is 8.65. The molecule has 3 N–H and O–H groups in total. The summed E-state index contributed by atoms with van der Waals surface area (Å²) in [4.78, 5) is 14.7. The summed E-state index contributed by atoms with van der Waals surface area (Å²) in [6, 6.07) is 13.8. The maximum Gasteiger partial charge on any atom is 0.269 e. The second-order valence-electron chi connectivity index (χ2n) is 6.22. The molecule has 0 spiro atoms. The summed E-state index contributed by atoms with van der Waals surface area (Å²) in [6.45, 7) is 5.57. The fraction of sp³-hybridized carbons (Fsp3) is 0.350. The van der Waals surface area contributed by atoms with Crippen LogP contribution in [-0.2, 0) is 6.54 Å². The van der Waals surface area contributed by atoms with E-state index in [9.17, 15) is 15.2 Å². The molecule has 1 unspecified atom stereocenters. The predicted octanol–water partition coefficient (Wildman–Crippen LogP) is 3.02. The monoisotopic (exact) mass is 514 g/mol. The number of nitrogens with one attached hydrogen (secondary N) is 2. The van der Waals surface area contributed by atoms with E-state index in [1.807, 2.05) is 38.1 Å². The number of hydrogen-bond acceptors (Lipinski definition) is 5. The number of ether oxygens (including phenoxy) is 1. The van der Waals surface area contributed by atoms with Gasteiger partial charge in [-0.15, -0.1) is 24.0 Å². The Hall–Kier alpha value is -2.40. The van der Waals surface area contributed by atoms with E-state index < -0.39 is 11.0 Å². The average Bonchev–Trinajstić information content (AvgIpc) is 2.69. The fourth-order valence-corrected chi connectivity index (χ4v) is 2.42. The van der Waals surface area contributed by atoms with Gasteiger partial charge in [0.15, 0.2) is 5.96 Å². The van der Waals surface area contributed by atoms with E-state index in [4.69, 9.17) is 4.74 Å². The van der Waals surface area contributed by atoms with Crippen LogP contribution in [0.15, 0.2) is 53.5 Å². The van der Waals surface area contributed by atoms with Crippen molar-refractivity contribution in [3.05, 3.63) is 69.8 Å². The minimum absolute atomic E-state index is 0. The van der Waals surface area contributed by atoms with E-state index >= 15 is 0 Å². The van der Waals surface area contributed by atoms with Gasteiger partial charge in [0.05, 0.1) is 11.5 Å². The van der Waals surface area contributed by atoms with E-state index in [0.29, 0.717) is 24.8 Å². The molecule has 0 saturated carbocycles. The van der Waals surface area contributed by atoms with Gasteiger partial charge < -0.3 is 20.5 Å². The highest BCUT2D eigenvalue weighted by Crippen LogP contribution is 2.17. The summed E-state index contributed by atoms with van der Waals surface area (Å²) in [7, 11) is 0. The number of guanidine groups is 1. The van der Waals surface area contributed by atoms with Crippen molar-refractivity contribution in [3.63, 3.8) is 0 Å². The lowest BCUT2D eigenvalue weighted by Crippen LogP contribution is -2.42.